The van der Waals surface area contributed by atoms with E-state index in [-0.39, 0.29) is 0 Å². The lowest BCUT2D eigenvalue weighted by atomic mass is 9.97. The second-order valence-corrected chi connectivity index (χ2v) is 9.13. The van der Waals surface area contributed by atoms with Gasteiger partial charge in [-0.2, -0.15) is 0 Å². The fourth-order valence-electron chi connectivity index (χ4n) is 4.53. The van der Waals surface area contributed by atoms with Crippen molar-refractivity contribution in [1.29, 1.82) is 0 Å². The molecular formula is C30H21NS. The lowest BCUT2D eigenvalue weighted by Gasteiger charge is -2.09. The number of fused-ring (bicyclic) bond motifs is 3. The van der Waals surface area contributed by atoms with E-state index >= 15 is 0 Å². The first-order valence-corrected chi connectivity index (χ1v) is 11.6. The van der Waals surface area contributed by atoms with Gasteiger partial charge in [0.05, 0.1) is 5.69 Å². The molecule has 0 fully saturated rings. The maximum atomic E-state index is 4.89. The number of nitrogens with zero attached hydrogens (tertiary/aromatic N) is 1. The number of aryl methyl sites for hydroxylation is 1. The van der Waals surface area contributed by atoms with Gasteiger partial charge in [-0.25, -0.2) is 0 Å². The molecule has 4 aromatic carbocycles. The SMILES string of the molecule is Cc1cc(-c2cccc3c2sc2cccc(-c4ccccc4)c23)ncc1-c1ccccc1. The standard InChI is InChI=1S/C30H21NS/c1-20-18-27(31-19-26(20)22-12-6-3-7-13-22)24-15-8-16-25-29-23(21-10-4-2-5-11-21)14-9-17-28(29)32-30(24)25/h2-19H,1H3. The highest BCUT2D eigenvalue weighted by Crippen LogP contribution is 2.43. The van der Waals surface area contributed by atoms with Crippen LogP contribution in [0.5, 0.6) is 0 Å². The molecule has 2 heteroatoms. The summed E-state index contributed by atoms with van der Waals surface area (Å²) in [6.07, 6.45) is 2.02. The predicted octanol–water partition coefficient (Wildman–Crippen LogP) is 8.76. The van der Waals surface area contributed by atoms with Crippen LogP contribution in [-0.4, -0.2) is 4.98 Å². The Morgan fingerprint density at radius 3 is 2.00 bits per heavy atom. The quantitative estimate of drug-likeness (QED) is 0.275. The van der Waals surface area contributed by atoms with Crippen LogP contribution in [0.3, 0.4) is 0 Å². The average Bonchev–Trinajstić information content (AvgIpc) is 3.24. The second-order valence-electron chi connectivity index (χ2n) is 8.08. The molecule has 0 spiro atoms. The topological polar surface area (TPSA) is 12.9 Å². The van der Waals surface area contributed by atoms with Gasteiger partial charge in [0.25, 0.3) is 0 Å². The molecule has 1 nitrogen and oxygen atoms in total. The zero-order valence-corrected chi connectivity index (χ0v) is 18.6. The van der Waals surface area contributed by atoms with Gasteiger partial charge in [-0.1, -0.05) is 91.0 Å². The van der Waals surface area contributed by atoms with Crippen LogP contribution >= 0.6 is 11.3 Å². The summed E-state index contributed by atoms with van der Waals surface area (Å²) < 4.78 is 2.61. The van der Waals surface area contributed by atoms with Crippen molar-refractivity contribution in [2.75, 3.05) is 0 Å². The fraction of sp³-hybridized carbons (Fsp3) is 0.0333. The van der Waals surface area contributed by atoms with Crippen LogP contribution in [0.25, 0.3) is 53.7 Å². The Morgan fingerprint density at radius 1 is 0.625 bits per heavy atom. The molecule has 0 bridgehead atoms. The summed E-state index contributed by atoms with van der Waals surface area (Å²) in [6, 6.07) is 36.6. The van der Waals surface area contributed by atoms with E-state index in [1.54, 1.807) is 0 Å². The van der Waals surface area contributed by atoms with Gasteiger partial charge < -0.3 is 0 Å². The molecule has 6 aromatic rings. The molecule has 6 rings (SSSR count). The lowest BCUT2D eigenvalue weighted by Crippen LogP contribution is -1.89. The Balaban J connectivity index is 1.55. The third-order valence-electron chi connectivity index (χ3n) is 6.08. The van der Waals surface area contributed by atoms with E-state index < -0.39 is 0 Å². The van der Waals surface area contributed by atoms with E-state index in [4.69, 9.17) is 4.98 Å². The van der Waals surface area contributed by atoms with Gasteiger partial charge in [0.2, 0.25) is 0 Å². The molecular weight excluding hydrogens is 406 g/mol. The first-order valence-electron chi connectivity index (χ1n) is 10.8. The Bertz CT molecular complexity index is 1560. The van der Waals surface area contributed by atoms with E-state index in [0.29, 0.717) is 0 Å². The van der Waals surface area contributed by atoms with Crippen molar-refractivity contribution < 1.29 is 0 Å². The molecule has 0 radical (unpaired) electrons. The summed E-state index contributed by atoms with van der Waals surface area (Å²) in [4.78, 5) is 4.89. The lowest BCUT2D eigenvalue weighted by molar-refractivity contribution is 1.29. The highest BCUT2D eigenvalue weighted by Gasteiger charge is 2.15. The number of hydrogen-bond donors (Lipinski definition) is 0. The van der Waals surface area contributed by atoms with E-state index in [1.807, 2.05) is 23.6 Å². The monoisotopic (exact) mass is 427 g/mol. The summed E-state index contributed by atoms with van der Waals surface area (Å²) in [6.45, 7) is 2.17. The molecule has 0 aliphatic carbocycles. The molecule has 0 unspecified atom stereocenters. The number of pyridine rings is 1. The van der Waals surface area contributed by atoms with Crippen molar-refractivity contribution in [2.24, 2.45) is 0 Å². The summed E-state index contributed by atoms with van der Waals surface area (Å²) in [5, 5.41) is 2.63. The Morgan fingerprint density at radius 2 is 1.28 bits per heavy atom. The molecule has 0 aliphatic heterocycles. The smallest absolute Gasteiger partial charge is 0.0719 e. The minimum atomic E-state index is 1.03. The van der Waals surface area contributed by atoms with Gasteiger partial charge in [0.15, 0.2) is 0 Å². The molecule has 0 saturated carbocycles. The van der Waals surface area contributed by atoms with Crippen molar-refractivity contribution >= 4 is 31.5 Å². The van der Waals surface area contributed by atoms with Gasteiger partial charge in [-0.05, 0) is 41.3 Å². The highest BCUT2D eigenvalue weighted by molar-refractivity contribution is 7.26. The predicted molar refractivity (Wildman–Crippen MR) is 138 cm³/mol. The third-order valence-corrected chi connectivity index (χ3v) is 7.28. The minimum Gasteiger partial charge on any atom is -0.256 e. The maximum Gasteiger partial charge on any atom is 0.0719 e. The largest absolute Gasteiger partial charge is 0.256 e. The molecule has 2 aromatic heterocycles. The van der Waals surface area contributed by atoms with Crippen molar-refractivity contribution in [1.82, 2.24) is 4.98 Å². The van der Waals surface area contributed by atoms with Crippen LogP contribution in [-0.2, 0) is 0 Å². The van der Waals surface area contributed by atoms with Crippen molar-refractivity contribution in [3.05, 3.63) is 115 Å². The maximum absolute atomic E-state index is 4.89. The first-order chi connectivity index (χ1) is 15.8. The molecule has 2 heterocycles. The molecule has 0 aliphatic rings. The summed E-state index contributed by atoms with van der Waals surface area (Å²) in [5.74, 6) is 0. The summed E-state index contributed by atoms with van der Waals surface area (Å²) in [7, 11) is 0. The molecule has 0 saturated heterocycles. The minimum absolute atomic E-state index is 1.03. The van der Waals surface area contributed by atoms with Gasteiger partial charge in [0, 0.05) is 37.5 Å². The third kappa shape index (κ3) is 3.12. The summed E-state index contributed by atoms with van der Waals surface area (Å²) in [5.41, 5.74) is 8.40. The number of rotatable bonds is 3. The van der Waals surface area contributed by atoms with Crippen molar-refractivity contribution in [3.63, 3.8) is 0 Å². The van der Waals surface area contributed by atoms with E-state index in [9.17, 15) is 0 Å². The second kappa shape index (κ2) is 7.74. The van der Waals surface area contributed by atoms with Gasteiger partial charge in [-0.15, -0.1) is 11.3 Å². The number of hydrogen-bond acceptors (Lipinski definition) is 2. The first kappa shape index (κ1) is 19.0. The van der Waals surface area contributed by atoms with Gasteiger partial charge in [-0.3, -0.25) is 4.98 Å². The van der Waals surface area contributed by atoms with Crippen LogP contribution in [0.15, 0.2) is 109 Å². The van der Waals surface area contributed by atoms with E-state index in [0.717, 1.165) is 5.69 Å². The van der Waals surface area contributed by atoms with Crippen LogP contribution in [0, 0.1) is 6.92 Å². The van der Waals surface area contributed by atoms with Gasteiger partial charge >= 0.3 is 0 Å². The molecule has 152 valence electrons. The van der Waals surface area contributed by atoms with E-state index in [2.05, 4.69) is 104 Å². The molecule has 0 atom stereocenters. The molecule has 0 N–H and O–H groups in total. The zero-order valence-electron chi connectivity index (χ0n) is 17.7. The van der Waals surface area contributed by atoms with Crippen LogP contribution in [0.2, 0.25) is 0 Å². The van der Waals surface area contributed by atoms with Crippen LogP contribution in [0.1, 0.15) is 5.56 Å². The summed E-state index contributed by atoms with van der Waals surface area (Å²) >= 11 is 1.86. The number of thiophene rings is 1. The van der Waals surface area contributed by atoms with Gasteiger partial charge in [0.1, 0.15) is 0 Å². The zero-order chi connectivity index (χ0) is 21.5. The Kier molecular flexibility index (Phi) is 4.59. The molecule has 0 amide bonds. The average molecular weight is 428 g/mol. The van der Waals surface area contributed by atoms with Crippen molar-refractivity contribution in [2.45, 2.75) is 6.92 Å². The number of benzene rings is 4. The van der Waals surface area contributed by atoms with Crippen molar-refractivity contribution in [3.8, 4) is 33.5 Å². The highest BCUT2D eigenvalue weighted by atomic mass is 32.1. The Labute approximate surface area is 191 Å². The van der Waals surface area contributed by atoms with Crippen LogP contribution < -0.4 is 0 Å². The normalized spacial score (nSPS) is 11.3. The number of aromatic nitrogens is 1. The fourth-order valence-corrected chi connectivity index (χ4v) is 5.78. The van der Waals surface area contributed by atoms with Crippen LogP contribution in [0.4, 0.5) is 0 Å². The Hall–Kier alpha value is -3.75. The molecule has 32 heavy (non-hydrogen) atoms. The van der Waals surface area contributed by atoms with E-state index in [1.165, 1.54) is 53.6 Å².